The second kappa shape index (κ2) is 8.10. The third kappa shape index (κ3) is 7.84. The Morgan fingerprint density at radius 1 is 1.23 bits per heavy atom. The van der Waals surface area contributed by atoms with Gasteiger partial charge in [-0.3, -0.25) is 9.59 Å². The van der Waals surface area contributed by atoms with E-state index in [2.05, 4.69) is 4.74 Å². The summed E-state index contributed by atoms with van der Waals surface area (Å²) in [5, 5.41) is 0.215. The first-order valence-electron chi connectivity index (χ1n) is 4.43. The molecule has 0 unspecified atom stereocenters. The Balaban J connectivity index is 3.25. The zero-order valence-electron chi connectivity index (χ0n) is 8.17. The predicted molar refractivity (Wildman–Crippen MR) is 53.6 cm³/mol. The molecule has 0 saturated heterocycles. The number of carbonyl (C=O) groups excluding carboxylic acids is 2. The van der Waals surface area contributed by atoms with Crippen LogP contribution in [0.1, 0.15) is 32.6 Å². The van der Waals surface area contributed by atoms with Gasteiger partial charge in [-0.05, 0) is 18.6 Å². The molecule has 0 aromatic heterocycles. The molecule has 3 nitrogen and oxygen atoms in total. The summed E-state index contributed by atoms with van der Waals surface area (Å²) in [5.41, 5.74) is 0. The third-order valence-electron chi connectivity index (χ3n) is 1.54. The molecule has 0 aliphatic rings. The number of rotatable bonds is 6. The fraction of sp³-hybridized carbons (Fsp3) is 0.778. The molecular formula is C9H16O3S. The summed E-state index contributed by atoms with van der Waals surface area (Å²) in [6.45, 7) is 1.96. The van der Waals surface area contributed by atoms with Crippen molar-refractivity contribution in [2.75, 3.05) is 12.9 Å². The van der Waals surface area contributed by atoms with Crippen LogP contribution >= 0.6 is 11.8 Å². The highest BCUT2D eigenvalue weighted by Crippen LogP contribution is 2.09. The summed E-state index contributed by atoms with van der Waals surface area (Å²) in [5.74, 6) is 0.631. The lowest BCUT2D eigenvalue weighted by molar-refractivity contribution is -0.140. The predicted octanol–water partition coefficient (Wildman–Crippen LogP) is 2.00. The van der Waals surface area contributed by atoms with Gasteiger partial charge in [0.1, 0.15) is 0 Å². The van der Waals surface area contributed by atoms with Gasteiger partial charge in [-0.15, -0.1) is 0 Å². The third-order valence-corrected chi connectivity index (χ3v) is 2.36. The first-order chi connectivity index (χ1) is 6.20. The topological polar surface area (TPSA) is 43.4 Å². The molecule has 0 fully saturated rings. The van der Waals surface area contributed by atoms with Crippen molar-refractivity contribution < 1.29 is 14.3 Å². The number of hydrogen-bond acceptors (Lipinski definition) is 4. The number of esters is 1. The van der Waals surface area contributed by atoms with Crippen LogP contribution in [0.2, 0.25) is 0 Å². The highest BCUT2D eigenvalue weighted by molar-refractivity contribution is 8.13. The summed E-state index contributed by atoms with van der Waals surface area (Å²) in [6, 6.07) is 0. The van der Waals surface area contributed by atoms with Gasteiger partial charge < -0.3 is 4.74 Å². The molecule has 76 valence electrons. The van der Waals surface area contributed by atoms with Crippen molar-refractivity contribution in [1.82, 2.24) is 0 Å². The van der Waals surface area contributed by atoms with E-state index < -0.39 is 0 Å². The molecule has 0 radical (unpaired) electrons. The molecule has 0 aromatic rings. The van der Waals surface area contributed by atoms with E-state index in [1.54, 1.807) is 0 Å². The Labute approximate surface area is 83.2 Å². The Hall–Kier alpha value is -0.510. The lowest BCUT2D eigenvalue weighted by Gasteiger charge is -1.99. The molecule has 0 aromatic carbocycles. The molecule has 4 heteroatoms. The van der Waals surface area contributed by atoms with Gasteiger partial charge in [0.2, 0.25) is 0 Å². The van der Waals surface area contributed by atoms with Crippen LogP contribution in [0.3, 0.4) is 0 Å². The summed E-state index contributed by atoms with van der Waals surface area (Å²) >= 11 is 1.34. The maximum Gasteiger partial charge on any atom is 0.305 e. The summed E-state index contributed by atoms with van der Waals surface area (Å²) in [6.07, 6.45) is 2.50. The van der Waals surface area contributed by atoms with Crippen molar-refractivity contribution in [3.05, 3.63) is 0 Å². The highest BCUT2D eigenvalue weighted by atomic mass is 32.2. The molecule has 0 N–H and O–H groups in total. The normalized spacial score (nSPS) is 9.69. The quantitative estimate of drug-likeness (QED) is 0.490. The van der Waals surface area contributed by atoms with Gasteiger partial charge in [0.05, 0.1) is 7.11 Å². The van der Waals surface area contributed by atoms with E-state index in [-0.39, 0.29) is 11.1 Å². The molecule has 0 spiro atoms. The van der Waals surface area contributed by atoms with Gasteiger partial charge in [0.15, 0.2) is 5.12 Å². The minimum atomic E-state index is -0.199. The number of thioether (sulfide) groups is 1. The smallest absolute Gasteiger partial charge is 0.305 e. The van der Waals surface area contributed by atoms with Gasteiger partial charge in [0, 0.05) is 12.8 Å². The van der Waals surface area contributed by atoms with E-state index in [9.17, 15) is 9.59 Å². The molecule has 0 saturated carbocycles. The monoisotopic (exact) mass is 204 g/mol. The van der Waals surface area contributed by atoms with Crippen LogP contribution in [-0.4, -0.2) is 23.9 Å². The van der Waals surface area contributed by atoms with Crippen molar-refractivity contribution in [2.45, 2.75) is 32.6 Å². The van der Waals surface area contributed by atoms with Gasteiger partial charge in [-0.1, -0.05) is 18.7 Å². The number of carbonyl (C=O) groups is 2. The van der Waals surface area contributed by atoms with Crippen LogP contribution in [0.15, 0.2) is 0 Å². The van der Waals surface area contributed by atoms with Crippen LogP contribution < -0.4 is 0 Å². The lowest BCUT2D eigenvalue weighted by atomic mass is 10.2. The summed E-state index contributed by atoms with van der Waals surface area (Å²) in [4.78, 5) is 21.7. The Morgan fingerprint density at radius 2 is 1.85 bits per heavy atom. The van der Waals surface area contributed by atoms with Crippen LogP contribution in [0.4, 0.5) is 0 Å². The van der Waals surface area contributed by atoms with Crippen molar-refractivity contribution in [1.29, 1.82) is 0 Å². The van der Waals surface area contributed by atoms with Crippen molar-refractivity contribution >= 4 is 22.8 Å². The van der Waals surface area contributed by atoms with Crippen LogP contribution in [-0.2, 0) is 14.3 Å². The molecule has 0 aliphatic carbocycles. The Morgan fingerprint density at radius 3 is 2.38 bits per heavy atom. The lowest BCUT2D eigenvalue weighted by Crippen LogP contribution is -2.00. The van der Waals surface area contributed by atoms with Gasteiger partial charge in [-0.25, -0.2) is 0 Å². The van der Waals surface area contributed by atoms with E-state index in [1.807, 2.05) is 6.92 Å². The van der Waals surface area contributed by atoms with E-state index in [0.29, 0.717) is 12.8 Å². The van der Waals surface area contributed by atoms with E-state index in [1.165, 1.54) is 18.9 Å². The zero-order valence-corrected chi connectivity index (χ0v) is 8.99. The molecule has 0 amide bonds. The van der Waals surface area contributed by atoms with E-state index in [0.717, 1.165) is 18.6 Å². The Bertz CT molecular complexity index is 168. The molecule has 0 atom stereocenters. The number of ether oxygens (including phenoxy) is 1. The minimum absolute atomic E-state index is 0.199. The molecule has 0 heterocycles. The zero-order chi connectivity index (χ0) is 10.1. The standard InChI is InChI=1S/C9H16O3S/c1-3-13-9(11)7-5-4-6-8(10)12-2/h3-7H2,1-2H3. The fourth-order valence-corrected chi connectivity index (χ4v) is 1.48. The van der Waals surface area contributed by atoms with E-state index >= 15 is 0 Å². The first kappa shape index (κ1) is 12.5. The number of methoxy groups -OCH3 is 1. The second-order valence-corrected chi connectivity index (χ2v) is 3.91. The van der Waals surface area contributed by atoms with Gasteiger partial charge in [-0.2, -0.15) is 0 Å². The van der Waals surface area contributed by atoms with Gasteiger partial charge >= 0.3 is 5.97 Å². The average Bonchev–Trinajstić information content (AvgIpc) is 2.12. The van der Waals surface area contributed by atoms with Crippen molar-refractivity contribution in [3.8, 4) is 0 Å². The van der Waals surface area contributed by atoms with Crippen LogP contribution in [0.5, 0.6) is 0 Å². The molecule has 0 rings (SSSR count). The minimum Gasteiger partial charge on any atom is -0.469 e. The van der Waals surface area contributed by atoms with Crippen LogP contribution in [0, 0.1) is 0 Å². The second-order valence-electron chi connectivity index (χ2n) is 2.59. The van der Waals surface area contributed by atoms with Crippen LogP contribution in [0.25, 0.3) is 0 Å². The fourth-order valence-electron chi connectivity index (χ4n) is 0.874. The Kier molecular flexibility index (Phi) is 7.79. The molecule has 0 aliphatic heterocycles. The maximum absolute atomic E-state index is 11.0. The maximum atomic E-state index is 11.0. The first-order valence-corrected chi connectivity index (χ1v) is 5.41. The van der Waals surface area contributed by atoms with Crippen molar-refractivity contribution in [3.63, 3.8) is 0 Å². The van der Waals surface area contributed by atoms with Crippen molar-refractivity contribution in [2.24, 2.45) is 0 Å². The van der Waals surface area contributed by atoms with E-state index in [4.69, 9.17) is 0 Å². The summed E-state index contributed by atoms with van der Waals surface area (Å²) < 4.78 is 4.48. The number of unbranched alkanes of at least 4 members (excludes halogenated alkanes) is 1. The molecule has 0 bridgehead atoms. The molecular weight excluding hydrogens is 188 g/mol. The summed E-state index contributed by atoms with van der Waals surface area (Å²) in [7, 11) is 1.38. The number of hydrogen-bond donors (Lipinski definition) is 0. The van der Waals surface area contributed by atoms with Gasteiger partial charge in [0.25, 0.3) is 0 Å². The average molecular weight is 204 g/mol. The highest BCUT2D eigenvalue weighted by Gasteiger charge is 2.03. The molecule has 13 heavy (non-hydrogen) atoms. The largest absolute Gasteiger partial charge is 0.469 e. The SMILES string of the molecule is CCSC(=O)CCCCC(=O)OC.